The van der Waals surface area contributed by atoms with Gasteiger partial charge in [0.1, 0.15) is 5.82 Å². The van der Waals surface area contributed by atoms with Crippen LogP contribution >= 0.6 is 11.5 Å². The summed E-state index contributed by atoms with van der Waals surface area (Å²) in [5.41, 5.74) is 1.83. The maximum Gasteiger partial charge on any atom is 0.202 e. The van der Waals surface area contributed by atoms with E-state index in [1.807, 2.05) is 25.4 Å². The van der Waals surface area contributed by atoms with Gasteiger partial charge in [0.2, 0.25) is 5.13 Å². The highest BCUT2D eigenvalue weighted by molar-refractivity contribution is 7.09. The molecule has 23 heavy (non-hydrogen) atoms. The van der Waals surface area contributed by atoms with Crippen LogP contribution in [0.1, 0.15) is 19.4 Å². The molecule has 3 rings (SSSR count). The second-order valence-corrected chi connectivity index (χ2v) is 6.82. The van der Waals surface area contributed by atoms with Crippen LogP contribution in [-0.4, -0.2) is 25.7 Å². The van der Waals surface area contributed by atoms with Crippen LogP contribution in [0.2, 0.25) is 0 Å². The molecule has 0 fully saturated rings. The lowest BCUT2D eigenvalue weighted by Crippen LogP contribution is -2.27. The third-order valence-electron chi connectivity index (χ3n) is 3.70. The Balaban J connectivity index is 1.68. The SMILES string of the molecule is Cn1cc(-c2nsc(NCC(C)(C)c3ccc(F)cc3)n2)cn1. The molecule has 0 aliphatic carbocycles. The van der Waals surface area contributed by atoms with E-state index in [4.69, 9.17) is 0 Å². The highest BCUT2D eigenvalue weighted by Gasteiger charge is 2.21. The topological polar surface area (TPSA) is 55.6 Å². The summed E-state index contributed by atoms with van der Waals surface area (Å²) in [6.45, 7) is 4.90. The molecule has 2 aromatic heterocycles. The van der Waals surface area contributed by atoms with Crippen LogP contribution in [0.5, 0.6) is 0 Å². The van der Waals surface area contributed by atoms with Crippen LogP contribution in [-0.2, 0) is 12.5 Å². The van der Waals surface area contributed by atoms with Crippen molar-refractivity contribution in [1.82, 2.24) is 19.1 Å². The third-order valence-corrected chi connectivity index (χ3v) is 4.37. The number of aryl methyl sites for hydroxylation is 1. The number of benzene rings is 1. The quantitative estimate of drug-likeness (QED) is 0.778. The van der Waals surface area contributed by atoms with E-state index < -0.39 is 0 Å². The summed E-state index contributed by atoms with van der Waals surface area (Å²) in [7, 11) is 1.86. The van der Waals surface area contributed by atoms with E-state index in [1.165, 1.54) is 23.7 Å². The smallest absolute Gasteiger partial charge is 0.202 e. The van der Waals surface area contributed by atoms with E-state index in [-0.39, 0.29) is 11.2 Å². The summed E-state index contributed by atoms with van der Waals surface area (Å²) in [6, 6.07) is 6.61. The maximum absolute atomic E-state index is 13.1. The van der Waals surface area contributed by atoms with Gasteiger partial charge in [-0.3, -0.25) is 4.68 Å². The monoisotopic (exact) mass is 331 g/mol. The first kappa shape index (κ1) is 15.6. The second-order valence-electron chi connectivity index (χ2n) is 6.07. The molecule has 0 saturated carbocycles. The minimum Gasteiger partial charge on any atom is -0.359 e. The van der Waals surface area contributed by atoms with Gasteiger partial charge in [-0.2, -0.15) is 14.5 Å². The van der Waals surface area contributed by atoms with Gasteiger partial charge in [0.15, 0.2) is 5.82 Å². The van der Waals surface area contributed by atoms with Gasteiger partial charge >= 0.3 is 0 Å². The molecule has 0 spiro atoms. The molecule has 7 heteroatoms. The van der Waals surface area contributed by atoms with Crippen LogP contribution in [0.3, 0.4) is 0 Å². The summed E-state index contributed by atoms with van der Waals surface area (Å²) in [5.74, 6) is 0.452. The number of rotatable bonds is 5. The Bertz CT molecular complexity index is 791. The summed E-state index contributed by atoms with van der Waals surface area (Å²) in [5, 5.41) is 8.21. The number of hydrogen-bond acceptors (Lipinski definition) is 5. The molecule has 0 bridgehead atoms. The Labute approximate surface area is 138 Å². The number of nitrogens with zero attached hydrogens (tertiary/aromatic N) is 4. The van der Waals surface area contributed by atoms with Crippen molar-refractivity contribution in [2.24, 2.45) is 7.05 Å². The fourth-order valence-corrected chi connectivity index (χ4v) is 2.83. The predicted octanol–water partition coefficient (Wildman–Crippen LogP) is 3.47. The number of halogens is 1. The molecule has 1 N–H and O–H groups in total. The summed E-state index contributed by atoms with van der Waals surface area (Å²) >= 11 is 1.32. The number of hydrogen-bond donors (Lipinski definition) is 1. The highest BCUT2D eigenvalue weighted by Crippen LogP contribution is 2.26. The molecule has 3 aromatic rings. The van der Waals surface area contributed by atoms with Crippen molar-refractivity contribution < 1.29 is 4.39 Å². The van der Waals surface area contributed by atoms with Crippen molar-refractivity contribution in [3.05, 3.63) is 48.0 Å². The lowest BCUT2D eigenvalue weighted by atomic mass is 9.85. The zero-order valence-electron chi connectivity index (χ0n) is 13.2. The zero-order valence-corrected chi connectivity index (χ0v) is 14.1. The number of anilines is 1. The molecular weight excluding hydrogens is 313 g/mol. The van der Waals surface area contributed by atoms with Gasteiger partial charge in [0.05, 0.1) is 11.8 Å². The zero-order chi connectivity index (χ0) is 16.4. The number of aromatic nitrogens is 4. The molecule has 0 aliphatic heterocycles. The summed E-state index contributed by atoms with van der Waals surface area (Å²) in [4.78, 5) is 4.49. The van der Waals surface area contributed by atoms with Crippen LogP contribution in [0.15, 0.2) is 36.7 Å². The predicted molar refractivity (Wildman–Crippen MR) is 90.0 cm³/mol. The van der Waals surface area contributed by atoms with Gasteiger partial charge in [-0.15, -0.1) is 0 Å². The van der Waals surface area contributed by atoms with Gasteiger partial charge in [0, 0.05) is 36.7 Å². The van der Waals surface area contributed by atoms with E-state index in [2.05, 4.69) is 33.6 Å². The van der Waals surface area contributed by atoms with E-state index >= 15 is 0 Å². The lowest BCUT2D eigenvalue weighted by molar-refractivity contribution is 0.553. The molecule has 0 radical (unpaired) electrons. The van der Waals surface area contributed by atoms with Crippen molar-refractivity contribution in [1.29, 1.82) is 0 Å². The number of nitrogens with one attached hydrogen (secondary N) is 1. The molecule has 0 unspecified atom stereocenters. The van der Waals surface area contributed by atoms with Gasteiger partial charge in [-0.1, -0.05) is 26.0 Å². The Hall–Kier alpha value is -2.28. The average molecular weight is 331 g/mol. The van der Waals surface area contributed by atoms with Gasteiger partial charge in [-0.05, 0) is 17.7 Å². The van der Waals surface area contributed by atoms with Crippen molar-refractivity contribution in [3.63, 3.8) is 0 Å². The third kappa shape index (κ3) is 3.56. The molecule has 1 aromatic carbocycles. The van der Waals surface area contributed by atoms with Crippen molar-refractivity contribution in [2.45, 2.75) is 19.3 Å². The van der Waals surface area contributed by atoms with Gasteiger partial charge in [0.25, 0.3) is 0 Å². The van der Waals surface area contributed by atoms with Crippen LogP contribution < -0.4 is 5.32 Å². The highest BCUT2D eigenvalue weighted by atomic mass is 32.1. The molecule has 0 amide bonds. The van der Waals surface area contributed by atoms with Crippen molar-refractivity contribution in [2.75, 3.05) is 11.9 Å². The van der Waals surface area contributed by atoms with E-state index in [0.29, 0.717) is 12.4 Å². The Morgan fingerprint density at radius 2 is 2.00 bits per heavy atom. The van der Waals surface area contributed by atoms with Crippen LogP contribution in [0, 0.1) is 5.82 Å². The molecule has 2 heterocycles. The maximum atomic E-state index is 13.1. The molecule has 120 valence electrons. The van der Waals surface area contributed by atoms with Crippen LogP contribution in [0.25, 0.3) is 11.4 Å². The Morgan fingerprint density at radius 1 is 1.26 bits per heavy atom. The first-order valence-electron chi connectivity index (χ1n) is 7.27. The molecule has 5 nitrogen and oxygen atoms in total. The standard InChI is InChI=1S/C16H18FN5S/c1-16(2,12-4-6-13(17)7-5-12)10-18-15-20-14(21-23-15)11-8-19-22(3)9-11/h4-9H,10H2,1-3H3,(H,18,20,21). The first-order chi connectivity index (χ1) is 10.9. The lowest BCUT2D eigenvalue weighted by Gasteiger charge is -2.25. The average Bonchev–Trinajstić information content (AvgIpc) is 3.14. The molecule has 0 atom stereocenters. The van der Waals surface area contributed by atoms with E-state index in [0.717, 1.165) is 16.3 Å². The Morgan fingerprint density at radius 3 is 2.65 bits per heavy atom. The molecule has 0 saturated heterocycles. The first-order valence-corrected chi connectivity index (χ1v) is 8.04. The van der Waals surface area contributed by atoms with Gasteiger partial charge in [-0.25, -0.2) is 4.39 Å². The normalized spacial score (nSPS) is 11.7. The fourth-order valence-electron chi connectivity index (χ4n) is 2.25. The van der Waals surface area contributed by atoms with Crippen molar-refractivity contribution >= 4 is 16.7 Å². The minimum atomic E-state index is -0.220. The fraction of sp³-hybridized carbons (Fsp3) is 0.312. The van der Waals surface area contributed by atoms with Crippen LogP contribution in [0.4, 0.5) is 9.52 Å². The van der Waals surface area contributed by atoms with Gasteiger partial charge < -0.3 is 5.32 Å². The van der Waals surface area contributed by atoms with E-state index in [1.54, 1.807) is 10.9 Å². The largest absolute Gasteiger partial charge is 0.359 e. The van der Waals surface area contributed by atoms with E-state index in [9.17, 15) is 4.39 Å². The molecule has 0 aliphatic rings. The van der Waals surface area contributed by atoms with Crippen molar-refractivity contribution in [3.8, 4) is 11.4 Å². The Kier molecular flexibility index (Phi) is 4.12. The summed E-state index contributed by atoms with van der Waals surface area (Å²) < 4.78 is 19.1. The summed E-state index contributed by atoms with van der Waals surface area (Å²) in [6.07, 6.45) is 3.63. The second kappa shape index (κ2) is 6.08. The minimum absolute atomic E-state index is 0.145. The molecular formula is C16H18FN5S.